The zero-order valence-electron chi connectivity index (χ0n) is 16.3. The molecule has 150 valence electrons. The van der Waals surface area contributed by atoms with Crippen LogP contribution in [0.25, 0.3) is 0 Å². The van der Waals surface area contributed by atoms with E-state index in [1.165, 1.54) is 5.56 Å². The Balaban J connectivity index is 1.44. The van der Waals surface area contributed by atoms with Crippen LogP contribution in [0.3, 0.4) is 0 Å². The molecule has 0 radical (unpaired) electrons. The maximum absolute atomic E-state index is 12.4. The molecule has 2 N–H and O–H groups in total. The number of hydrogen-bond donors (Lipinski definition) is 2. The number of pyridine rings is 1. The lowest BCUT2D eigenvalue weighted by atomic mass is 10.1. The van der Waals surface area contributed by atoms with E-state index in [2.05, 4.69) is 26.6 Å². The van der Waals surface area contributed by atoms with Crippen molar-refractivity contribution in [2.24, 2.45) is 0 Å². The molecule has 7 heteroatoms. The highest BCUT2D eigenvalue weighted by atomic mass is 16.5. The minimum absolute atomic E-state index is 0.0998. The van der Waals surface area contributed by atoms with Crippen molar-refractivity contribution in [3.8, 4) is 5.75 Å². The molecule has 1 saturated heterocycles. The summed E-state index contributed by atoms with van der Waals surface area (Å²) in [6, 6.07) is 9.85. The number of morpholine rings is 1. The number of ether oxygens (including phenoxy) is 2. The number of amides is 1. The maximum Gasteiger partial charge on any atom is 0.252 e. The number of anilines is 1. The molecule has 3 rings (SSSR count). The van der Waals surface area contributed by atoms with E-state index in [1.807, 2.05) is 24.3 Å². The first-order valence-electron chi connectivity index (χ1n) is 9.65. The number of carbonyl (C=O) groups excluding carboxylic acids is 1. The van der Waals surface area contributed by atoms with Gasteiger partial charge in [0, 0.05) is 45.1 Å². The smallest absolute Gasteiger partial charge is 0.252 e. The first-order valence-corrected chi connectivity index (χ1v) is 9.65. The Hall–Kier alpha value is -2.64. The summed E-state index contributed by atoms with van der Waals surface area (Å²) in [7, 11) is 1.67. The molecule has 0 aliphatic carbocycles. The molecule has 0 atom stereocenters. The lowest BCUT2D eigenvalue weighted by molar-refractivity contribution is 0.0383. The van der Waals surface area contributed by atoms with Gasteiger partial charge in [-0.1, -0.05) is 12.1 Å². The molecular formula is C21H28N4O3. The van der Waals surface area contributed by atoms with Gasteiger partial charge in [0.05, 0.1) is 31.6 Å². The van der Waals surface area contributed by atoms with Crippen molar-refractivity contribution < 1.29 is 14.3 Å². The quantitative estimate of drug-likeness (QED) is 0.687. The van der Waals surface area contributed by atoms with Gasteiger partial charge in [0.1, 0.15) is 5.75 Å². The predicted octanol–water partition coefficient (Wildman–Crippen LogP) is 1.81. The lowest BCUT2D eigenvalue weighted by Crippen LogP contribution is -2.41. The third kappa shape index (κ3) is 6.21. The Morgan fingerprint density at radius 2 is 2.07 bits per heavy atom. The van der Waals surface area contributed by atoms with Gasteiger partial charge in [-0.2, -0.15) is 0 Å². The minimum atomic E-state index is -0.0998. The van der Waals surface area contributed by atoms with Gasteiger partial charge in [-0.3, -0.25) is 14.7 Å². The van der Waals surface area contributed by atoms with Crippen LogP contribution in [0, 0.1) is 0 Å². The average molecular weight is 384 g/mol. The standard InChI is InChI=1S/C21H28N4O3/c1-27-20-4-2-3-17(13-20)5-6-23-19-14-18(15-22-16-19)21(26)24-7-8-25-9-11-28-12-10-25/h2-4,13-16,23H,5-12H2,1H3,(H,24,26). The van der Waals surface area contributed by atoms with E-state index in [9.17, 15) is 4.79 Å². The number of hydrogen-bond acceptors (Lipinski definition) is 6. The van der Waals surface area contributed by atoms with Gasteiger partial charge in [0.25, 0.3) is 5.91 Å². The first kappa shape index (κ1) is 20.1. The fourth-order valence-corrected chi connectivity index (χ4v) is 3.09. The van der Waals surface area contributed by atoms with Gasteiger partial charge in [-0.25, -0.2) is 0 Å². The molecule has 1 aliphatic heterocycles. The normalized spacial score (nSPS) is 14.5. The van der Waals surface area contributed by atoms with Gasteiger partial charge in [0.15, 0.2) is 0 Å². The number of nitrogens with one attached hydrogen (secondary N) is 2. The van der Waals surface area contributed by atoms with Gasteiger partial charge >= 0.3 is 0 Å². The molecule has 2 aromatic rings. The Bertz CT molecular complexity index is 763. The molecular weight excluding hydrogens is 356 g/mol. The number of aromatic nitrogens is 1. The van der Waals surface area contributed by atoms with Crippen molar-refractivity contribution in [3.63, 3.8) is 0 Å². The van der Waals surface area contributed by atoms with Crippen LogP contribution in [-0.2, 0) is 11.2 Å². The van der Waals surface area contributed by atoms with Crippen LogP contribution in [0.15, 0.2) is 42.7 Å². The summed E-state index contributed by atoms with van der Waals surface area (Å²) in [5.74, 6) is 0.757. The number of methoxy groups -OCH3 is 1. The molecule has 2 heterocycles. The minimum Gasteiger partial charge on any atom is -0.497 e. The highest BCUT2D eigenvalue weighted by Gasteiger charge is 2.11. The SMILES string of the molecule is COc1cccc(CCNc2cncc(C(=O)NCCN3CCOCC3)c2)c1. The second-order valence-corrected chi connectivity index (χ2v) is 6.70. The molecule has 1 aromatic heterocycles. The summed E-state index contributed by atoms with van der Waals surface area (Å²) in [5, 5.41) is 6.29. The van der Waals surface area contributed by atoms with Crippen LogP contribution in [0.5, 0.6) is 5.75 Å². The summed E-state index contributed by atoms with van der Waals surface area (Å²) >= 11 is 0. The van der Waals surface area contributed by atoms with Crippen molar-refractivity contribution in [1.82, 2.24) is 15.2 Å². The van der Waals surface area contributed by atoms with Crippen LogP contribution >= 0.6 is 0 Å². The second-order valence-electron chi connectivity index (χ2n) is 6.70. The molecule has 0 spiro atoms. The Morgan fingerprint density at radius 1 is 1.21 bits per heavy atom. The fourth-order valence-electron chi connectivity index (χ4n) is 3.09. The van der Waals surface area contributed by atoms with Crippen molar-refractivity contribution in [1.29, 1.82) is 0 Å². The average Bonchev–Trinajstić information content (AvgIpc) is 2.75. The van der Waals surface area contributed by atoms with Crippen molar-refractivity contribution in [2.45, 2.75) is 6.42 Å². The van der Waals surface area contributed by atoms with Crippen LogP contribution < -0.4 is 15.4 Å². The molecule has 1 amide bonds. The molecule has 1 aromatic carbocycles. The molecule has 0 saturated carbocycles. The van der Waals surface area contributed by atoms with E-state index in [1.54, 1.807) is 19.5 Å². The molecule has 1 aliphatic rings. The van der Waals surface area contributed by atoms with Crippen LogP contribution in [0.1, 0.15) is 15.9 Å². The third-order valence-corrected chi connectivity index (χ3v) is 4.69. The maximum atomic E-state index is 12.4. The van der Waals surface area contributed by atoms with Crippen LogP contribution in [-0.4, -0.2) is 68.8 Å². The largest absolute Gasteiger partial charge is 0.497 e. The number of nitrogens with zero attached hydrogens (tertiary/aromatic N) is 2. The molecule has 28 heavy (non-hydrogen) atoms. The number of carbonyl (C=O) groups is 1. The summed E-state index contributed by atoms with van der Waals surface area (Å²) in [6.07, 6.45) is 4.18. The molecule has 0 bridgehead atoms. The van der Waals surface area contributed by atoms with Gasteiger partial charge in [-0.05, 0) is 30.2 Å². The van der Waals surface area contributed by atoms with Gasteiger partial charge in [0.2, 0.25) is 0 Å². The van der Waals surface area contributed by atoms with Crippen LogP contribution in [0.2, 0.25) is 0 Å². The summed E-state index contributed by atoms with van der Waals surface area (Å²) < 4.78 is 10.6. The monoisotopic (exact) mass is 384 g/mol. The van der Waals surface area contributed by atoms with E-state index in [-0.39, 0.29) is 5.91 Å². The van der Waals surface area contributed by atoms with Crippen molar-refractivity contribution in [3.05, 3.63) is 53.9 Å². The topological polar surface area (TPSA) is 75.7 Å². The summed E-state index contributed by atoms with van der Waals surface area (Å²) in [4.78, 5) is 18.8. The Labute approximate surface area is 166 Å². The van der Waals surface area contributed by atoms with E-state index >= 15 is 0 Å². The molecule has 7 nitrogen and oxygen atoms in total. The summed E-state index contributed by atoms with van der Waals surface area (Å²) in [6.45, 7) is 5.57. The van der Waals surface area contributed by atoms with Crippen LogP contribution in [0.4, 0.5) is 5.69 Å². The van der Waals surface area contributed by atoms with E-state index in [0.717, 1.165) is 57.3 Å². The zero-order chi connectivity index (χ0) is 19.6. The third-order valence-electron chi connectivity index (χ3n) is 4.69. The van der Waals surface area contributed by atoms with Gasteiger partial charge < -0.3 is 20.1 Å². The molecule has 0 unspecified atom stereocenters. The first-order chi connectivity index (χ1) is 13.7. The highest BCUT2D eigenvalue weighted by molar-refractivity contribution is 5.94. The highest BCUT2D eigenvalue weighted by Crippen LogP contribution is 2.14. The lowest BCUT2D eigenvalue weighted by Gasteiger charge is -2.26. The van der Waals surface area contributed by atoms with Crippen molar-refractivity contribution in [2.75, 3.05) is 58.4 Å². The second kappa shape index (κ2) is 10.6. The number of rotatable bonds is 9. The predicted molar refractivity (Wildman–Crippen MR) is 109 cm³/mol. The van der Waals surface area contributed by atoms with E-state index < -0.39 is 0 Å². The van der Waals surface area contributed by atoms with E-state index in [0.29, 0.717) is 12.1 Å². The zero-order valence-corrected chi connectivity index (χ0v) is 16.3. The Morgan fingerprint density at radius 3 is 2.89 bits per heavy atom. The van der Waals surface area contributed by atoms with E-state index in [4.69, 9.17) is 9.47 Å². The Kier molecular flexibility index (Phi) is 7.63. The number of benzene rings is 1. The fraction of sp³-hybridized carbons (Fsp3) is 0.429. The summed E-state index contributed by atoms with van der Waals surface area (Å²) in [5.41, 5.74) is 2.59. The van der Waals surface area contributed by atoms with Crippen molar-refractivity contribution >= 4 is 11.6 Å². The molecule has 1 fully saturated rings. The van der Waals surface area contributed by atoms with Gasteiger partial charge in [-0.15, -0.1) is 0 Å².